The van der Waals surface area contributed by atoms with Crippen LogP contribution in [0, 0.1) is 11.8 Å². The number of hydrogen-bond acceptors (Lipinski definition) is 2. The van der Waals surface area contributed by atoms with Crippen LogP contribution in [0.15, 0.2) is 91.0 Å². The van der Waals surface area contributed by atoms with Gasteiger partial charge < -0.3 is 4.90 Å². The number of pyridine rings is 1. The second kappa shape index (κ2) is 7.30. The Morgan fingerprint density at radius 2 is 1.55 bits per heavy atom. The molecule has 29 heavy (non-hydrogen) atoms. The fraction of sp³-hybridized carbons (Fsp3) is 0.0741. The highest BCUT2D eigenvalue weighted by molar-refractivity contribution is 5.95. The van der Waals surface area contributed by atoms with Gasteiger partial charge in [0.1, 0.15) is 6.04 Å². The highest BCUT2D eigenvalue weighted by Gasteiger charge is 2.26. The van der Waals surface area contributed by atoms with Crippen molar-refractivity contribution < 1.29 is 0 Å². The number of hydrogen-bond donors (Lipinski definition) is 0. The molecule has 2 nitrogen and oxygen atoms in total. The van der Waals surface area contributed by atoms with Crippen LogP contribution in [0.4, 0.5) is 5.69 Å². The van der Waals surface area contributed by atoms with Crippen molar-refractivity contribution >= 4 is 28.2 Å². The van der Waals surface area contributed by atoms with E-state index in [-0.39, 0.29) is 6.04 Å². The molecule has 0 spiro atoms. The Hall–Kier alpha value is -3.83. The Labute approximate surface area is 171 Å². The minimum Gasteiger partial charge on any atom is -0.356 e. The normalized spacial score (nSPS) is 15.3. The van der Waals surface area contributed by atoms with Crippen LogP contribution in [0.3, 0.4) is 0 Å². The molecule has 0 bridgehead atoms. The molecule has 2 heteroatoms. The van der Waals surface area contributed by atoms with E-state index < -0.39 is 0 Å². The summed E-state index contributed by atoms with van der Waals surface area (Å²) in [6.45, 7) is 0. The number of benzene rings is 3. The average Bonchev–Trinajstić information content (AvgIpc) is 2.79. The molecular formula is C27H20N2. The molecule has 5 rings (SSSR count). The number of anilines is 1. The van der Waals surface area contributed by atoms with Crippen LogP contribution in [0.1, 0.15) is 16.8 Å². The monoisotopic (exact) mass is 372 g/mol. The molecule has 0 aliphatic carbocycles. The predicted molar refractivity (Wildman–Crippen MR) is 122 cm³/mol. The highest BCUT2D eigenvalue weighted by Crippen LogP contribution is 2.35. The molecule has 1 aliphatic rings. The van der Waals surface area contributed by atoms with Gasteiger partial charge in [0.25, 0.3) is 0 Å². The molecule has 0 amide bonds. The van der Waals surface area contributed by atoms with Gasteiger partial charge in [-0.3, -0.25) is 0 Å². The maximum Gasteiger partial charge on any atom is 0.118 e. The third kappa shape index (κ3) is 3.28. The largest absolute Gasteiger partial charge is 0.356 e. The molecule has 4 aromatic rings. The molecule has 138 valence electrons. The van der Waals surface area contributed by atoms with Gasteiger partial charge in [-0.1, -0.05) is 72.5 Å². The molecule has 0 saturated heterocycles. The molecule has 1 aromatic heterocycles. The van der Waals surface area contributed by atoms with E-state index in [1.54, 1.807) is 0 Å². The quantitative estimate of drug-likeness (QED) is 0.402. The smallest absolute Gasteiger partial charge is 0.118 e. The van der Waals surface area contributed by atoms with Gasteiger partial charge in [0.15, 0.2) is 0 Å². The molecule has 0 unspecified atom stereocenters. The number of nitrogens with zero attached hydrogens (tertiary/aromatic N) is 2. The van der Waals surface area contributed by atoms with E-state index in [9.17, 15) is 0 Å². The summed E-state index contributed by atoms with van der Waals surface area (Å²) >= 11 is 0. The van der Waals surface area contributed by atoms with Gasteiger partial charge >= 0.3 is 0 Å². The van der Waals surface area contributed by atoms with Crippen molar-refractivity contribution in [1.82, 2.24) is 4.98 Å². The van der Waals surface area contributed by atoms with Gasteiger partial charge in [0.05, 0.1) is 11.2 Å². The fourth-order valence-electron chi connectivity index (χ4n) is 3.81. The molecular weight excluding hydrogens is 352 g/mol. The zero-order chi connectivity index (χ0) is 19.6. The molecule has 0 N–H and O–H groups in total. The number of para-hydroxylation sites is 2. The summed E-state index contributed by atoms with van der Waals surface area (Å²) in [5.74, 6) is 6.85. The molecule has 1 aliphatic heterocycles. The zero-order valence-corrected chi connectivity index (χ0v) is 16.2. The van der Waals surface area contributed by atoms with Crippen molar-refractivity contribution in [3.8, 4) is 11.8 Å². The second-order valence-electron chi connectivity index (χ2n) is 7.20. The zero-order valence-electron chi connectivity index (χ0n) is 16.2. The average molecular weight is 372 g/mol. The fourth-order valence-corrected chi connectivity index (χ4v) is 3.81. The summed E-state index contributed by atoms with van der Waals surface area (Å²) in [5, 5.41) is 1.15. The lowest BCUT2D eigenvalue weighted by Crippen LogP contribution is -2.34. The Bertz CT molecular complexity index is 1280. The van der Waals surface area contributed by atoms with Crippen LogP contribution >= 0.6 is 0 Å². The van der Waals surface area contributed by atoms with E-state index in [2.05, 4.69) is 78.4 Å². The Kier molecular flexibility index (Phi) is 4.35. The maximum absolute atomic E-state index is 4.95. The Morgan fingerprint density at radius 3 is 2.45 bits per heavy atom. The first-order chi connectivity index (χ1) is 14.3. The third-order valence-electron chi connectivity index (χ3n) is 5.33. The number of rotatable bonds is 1. The summed E-state index contributed by atoms with van der Waals surface area (Å²) in [6, 6.07) is 31.0. The third-order valence-corrected chi connectivity index (χ3v) is 5.33. The first kappa shape index (κ1) is 17.3. The van der Waals surface area contributed by atoms with Crippen LogP contribution in [-0.2, 0) is 0 Å². The van der Waals surface area contributed by atoms with E-state index in [1.807, 2.05) is 42.5 Å². The minimum absolute atomic E-state index is 0.0706. The van der Waals surface area contributed by atoms with Gasteiger partial charge in [-0.05, 0) is 42.0 Å². The molecule has 3 aromatic carbocycles. The van der Waals surface area contributed by atoms with Crippen molar-refractivity contribution in [3.05, 3.63) is 108 Å². The highest BCUT2D eigenvalue weighted by atomic mass is 15.1. The van der Waals surface area contributed by atoms with E-state index >= 15 is 0 Å². The lowest BCUT2D eigenvalue weighted by molar-refractivity contribution is 0.918. The van der Waals surface area contributed by atoms with Gasteiger partial charge in [-0.15, -0.1) is 0 Å². The van der Waals surface area contributed by atoms with Gasteiger partial charge in [-0.2, -0.15) is 0 Å². The van der Waals surface area contributed by atoms with Crippen LogP contribution in [0.2, 0.25) is 0 Å². The van der Waals surface area contributed by atoms with Crippen molar-refractivity contribution in [2.75, 3.05) is 11.9 Å². The number of fused-ring (bicyclic) bond motifs is 2. The topological polar surface area (TPSA) is 16.1 Å². The Morgan fingerprint density at radius 1 is 0.793 bits per heavy atom. The van der Waals surface area contributed by atoms with Crippen molar-refractivity contribution in [2.45, 2.75) is 6.04 Å². The van der Waals surface area contributed by atoms with Crippen molar-refractivity contribution in [2.24, 2.45) is 0 Å². The summed E-state index contributed by atoms with van der Waals surface area (Å²) in [5.41, 5.74) is 6.49. The van der Waals surface area contributed by atoms with Gasteiger partial charge in [0.2, 0.25) is 0 Å². The summed E-state index contributed by atoms with van der Waals surface area (Å²) < 4.78 is 0. The van der Waals surface area contributed by atoms with E-state index in [1.165, 1.54) is 11.3 Å². The van der Waals surface area contributed by atoms with Crippen LogP contribution in [0.5, 0.6) is 0 Å². The first-order valence-electron chi connectivity index (χ1n) is 9.76. The minimum atomic E-state index is -0.0706. The molecule has 2 heterocycles. The number of aromatic nitrogens is 1. The number of likely N-dealkylation sites (N-methyl/N-ethyl adjacent to an activating group) is 1. The summed E-state index contributed by atoms with van der Waals surface area (Å²) in [7, 11) is 2.11. The summed E-state index contributed by atoms with van der Waals surface area (Å²) in [6.07, 6.45) is 2.23. The molecule has 0 radical (unpaired) electrons. The van der Waals surface area contributed by atoms with E-state index in [0.717, 1.165) is 27.7 Å². The SMILES string of the molecule is CN1c2ccccc2C=C(c2ccc3ccccc3n2)[C@H]1C#Cc1ccccc1. The van der Waals surface area contributed by atoms with Crippen molar-refractivity contribution in [3.63, 3.8) is 0 Å². The van der Waals surface area contributed by atoms with Crippen LogP contribution in [0.25, 0.3) is 22.6 Å². The summed E-state index contributed by atoms with van der Waals surface area (Å²) in [4.78, 5) is 7.20. The molecule has 0 saturated carbocycles. The van der Waals surface area contributed by atoms with Gasteiger partial charge in [0, 0.05) is 29.3 Å². The molecule has 1 atom stereocenters. The van der Waals surface area contributed by atoms with E-state index in [0.29, 0.717) is 0 Å². The lowest BCUT2D eigenvalue weighted by atomic mass is 9.93. The molecule has 0 fully saturated rings. The predicted octanol–water partition coefficient (Wildman–Crippen LogP) is 5.65. The van der Waals surface area contributed by atoms with E-state index in [4.69, 9.17) is 4.98 Å². The maximum atomic E-state index is 4.95. The Balaban J connectivity index is 1.66. The first-order valence-corrected chi connectivity index (χ1v) is 9.76. The lowest BCUT2D eigenvalue weighted by Gasteiger charge is -2.33. The second-order valence-corrected chi connectivity index (χ2v) is 7.20. The standard InChI is InChI=1S/C27H20N2/c1-29-26-14-8-6-12-22(26)19-23(27(29)18-15-20-9-3-2-4-10-20)25-17-16-21-11-5-7-13-24(21)28-25/h2-14,16-17,19,27H,1H3/t27-/m1/s1. The van der Waals surface area contributed by atoms with Crippen molar-refractivity contribution in [1.29, 1.82) is 0 Å². The van der Waals surface area contributed by atoms with Crippen LogP contribution < -0.4 is 4.90 Å². The van der Waals surface area contributed by atoms with Crippen LogP contribution in [-0.4, -0.2) is 18.1 Å². The van der Waals surface area contributed by atoms with Gasteiger partial charge in [-0.25, -0.2) is 4.98 Å².